The molecule has 0 spiro atoms. The number of rotatable bonds is 9. The van der Waals surface area contributed by atoms with Crippen LogP contribution in [0, 0.1) is 5.92 Å². The summed E-state index contributed by atoms with van der Waals surface area (Å²) in [5.74, 6) is 0.0370. The van der Waals surface area contributed by atoms with E-state index in [1.807, 2.05) is 79.7 Å². The zero-order valence-electron chi connectivity index (χ0n) is 18.7. The molecule has 5 nitrogen and oxygen atoms in total. The summed E-state index contributed by atoms with van der Waals surface area (Å²) in [4.78, 5) is 27.2. The smallest absolute Gasteiger partial charge is 0.338 e. The van der Waals surface area contributed by atoms with E-state index in [1.165, 1.54) is 0 Å². The molecule has 168 valence electrons. The minimum absolute atomic E-state index is 0.0375. The summed E-state index contributed by atoms with van der Waals surface area (Å²) in [6.45, 7) is 7.28. The van der Waals surface area contributed by atoms with Crippen LogP contribution in [0.4, 0.5) is 0 Å². The zero-order chi connectivity index (χ0) is 23.2. The molecule has 3 aromatic carbocycles. The fraction of sp³-hybridized carbons (Fsp3) is 0.214. The van der Waals surface area contributed by atoms with Gasteiger partial charge in [-0.2, -0.15) is 0 Å². The number of likely N-dealkylation sites (tertiary alicyclic amines) is 1. The maximum Gasteiger partial charge on any atom is 0.338 e. The van der Waals surface area contributed by atoms with Crippen LogP contribution in [0.5, 0.6) is 5.75 Å². The fourth-order valence-electron chi connectivity index (χ4n) is 3.73. The van der Waals surface area contributed by atoms with Crippen molar-refractivity contribution in [2.45, 2.75) is 26.7 Å². The summed E-state index contributed by atoms with van der Waals surface area (Å²) >= 11 is 0. The first-order chi connectivity index (χ1) is 16.0. The molecule has 0 bridgehead atoms. The van der Waals surface area contributed by atoms with E-state index in [0.29, 0.717) is 31.0 Å². The Kier molecular flexibility index (Phi) is 6.89. The molecule has 1 saturated heterocycles. The molecule has 1 aliphatic heterocycles. The fourth-order valence-corrected chi connectivity index (χ4v) is 3.73. The van der Waals surface area contributed by atoms with Crippen molar-refractivity contribution >= 4 is 11.9 Å². The first kappa shape index (κ1) is 22.3. The maximum absolute atomic E-state index is 13.0. The van der Waals surface area contributed by atoms with E-state index in [0.717, 1.165) is 22.3 Å². The highest BCUT2D eigenvalue weighted by atomic mass is 16.5. The summed E-state index contributed by atoms with van der Waals surface area (Å²) in [7, 11) is 0. The summed E-state index contributed by atoms with van der Waals surface area (Å²) in [5.41, 5.74) is 3.94. The Labute approximate surface area is 194 Å². The SMILES string of the molecule is C=C(C)C1CN(Cc2ccc(OCc3ccccc3)cc2C(=O)OCc2ccccc2)C1=O. The van der Waals surface area contributed by atoms with E-state index in [-0.39, 0.29) is 18.4 Å². The third-order valence-electron chi connectivity index (χ3n) is 5.73. The molecule has 0 radical (unpaired) electrons. The first-order valence-corrected chi connectivity index (χ1v) is 11.0. The number of β-lactam (4-membered cyclic amide) rings is 1. The topological polar surface area (TPSA) is 55.8 Å². The molecule has 1 fully saturated rings. The Balaban J connectivity index is 1.50. The van der Waals surface area contributed by atoms with Crippen LogP contribution in [0.2, 0.25) is 0 Å². The van der Waals surface area contributed by atoms with Gasteiger partial charge in [-0.1, -0.05) is 78.9 Å². The third kappa shape index (κ3) is 5.50. The standard InChI is InChI=1S/C28H27NO4/c1-20(2)26-17-29(27(26)30)16-23-13-14-24(32-18-21-9-5-3-6-10-21)15-25(23)28(31)33-19-22-11-7-4-8-12-22/h3-15,26H,1,16-19H2,2H3. The van der Waals surface area contributed by atoms with Crippen molar-refractivity contribution in [2.24, 2.45) is 5.92 Å². The van der Waals surface area contributed by atoms with E-state index in [9.17, 15) is 9.59 Å². The molecule has 1 unspecified atom stereocenters. The van der Waals surface area contributed by atoms with Crippen LogP contribution in [0.1, 0.15) is 34.0 Å². The predicted molar refractivity (Wildman–Crippen MR) is 126 cm³/mol. The number of esters is 1. The second-order valence-electron chi connectivity index (χ2n) is 8.27. The molecule has 3 aromatic rings. The lowest BCUT2D eigenvalue weighted by atomic mass is 9.91. The molecule has 0 saturated carbocycles. The minimum atomic E-state index is -0.441. The van der Waals surface area contributed by atoms with E-state index >= 15 is 0 Å². The molecule has 0 aromatic heterocycles. The van der Waals surface area contributed by atoms with Gasteiger partial charge in [0, 0.05) is 13.1 Å². The van der Waals surface area contributed by atoms with Crippen LogP contribution >= 0.6 is 0 Å². The number of amides is 1. The number of hydrogen-bond acceptors (Lipinski definition) is 4. The number of benzene rings is 3. The monoisotopic (exact) mass is 441 g/mol. The van der Waals surface area contributed by atoms with E-state index < -0.39 is 5.97 Å². The highest BCUT2D eigenvalue weighted by Crippen LogP contribution is 2.28. The van der Waals surface area contributed by atoms with Crippen LogP contribution < -0.4 is 4.74 Å². The van der Waals surface area contributed by atoms with Crippen molar-refractivity contribution in [1.29, 1.82) is 0 Å². The lowest BCUT2D eigenvalue weighted by Crippen LogP contribution is -2.52. The Morgan fingerprint density at radius 3 is 2.21 bits per heavy atom. The number of carbonyl (C=O) groups is 2. The number of nitrogens with zero attached hydrogens (tertiary/aromatic N) is 1. The average Bonchev–Trinajstić information content (AvgIpc) is 2.84. The van der Waals surface area contributed by atoms with Gasteiger partial charge in [0.2, 0.25) is 5.91 Å². The zero-order valence-corrected chi connectivity index (χ0v) is 18.7. The molecule has 1 amide bonds. The first-order valence-electron chi connectivity index (χ1n) is 11.0. The van der Waals surface area contributed by atoms with Crippen LogP contribution in [0.15, 0.2) is 91.0 Å². The highest BCUT2D eigenvalue weighted by molar-refractivity contribution is 5.92. The highest BCUT2D eigenvalue weighted by Gasteiger charge is 2.37. The normalized spacial score (nSPS) is 15.0. The number of carbonyl (C=O) groups excluding carboxylic acids is 2. The van der Waals surface area contributed by atoms with Gasteiger partial charge in [0.1, 0.15) is 19.0 Å². The Morgan fingerprint density at radius 2 is 1.61 bits per heavy atom. The van der Waals surface area contributed by atoms with E-state index in [4.69, 9.17) is 9.47 Å². The lowest BCUT2D eigenvalue weighted by Gasteiger charge is -2.39. The maximum atomic E-state index is 13.0. The summed E-state index contributed by atoms with van der Waals surface area (Å²) in [6.07, 6.45) is 0. The van der Waals surface area contributed by atoms with E-state index in [2.05, 4.69) is 6.58 Å². The molecular weight excluding hydrogens is 414 g/mol. The van der Waals surface area contributed by atoms with Crippen molar-refractivity contribution in [1.82, 2.24) is 4.90 Å². The second-order valence-corrected chi connectivity index (χ2v) is 8.27. The van der Waals surface area contributed by atoms with Crippen LogP contribution in [-0.2, 0) is 29.3 Å². The summed E-state index contributed by atoms with van der Waals surface area (Å²) in [5, 5.41) is 0. The summed E-state index contributed by atoms with van der Waals surface area (Å²) < 4.78 is 11.5. The van der Waals surface area contributed by atoms with Gasteiger partial charge in [0.05, 0.1) is 11.5 Å². The van der Waals surface area contributed by atoms with Crippen molar-refractivity contribution in [2.75, 3.05) is 6.54 Å². The lowest BCUT2D eigenvalue weighted by molar-refractivity contribution is -0.146. The molecular formula is C28H27NO4. The van der Waals surface area contributed by atoms with E-state index in [1.54, 1.807) is 11.0 Å². The van der Waals surface area contributed by atoms with Gasteiger partial charge >= 0.3 is 5.97 Å². The predicted octanol–water partition coefficient (Wildman–Crippen LogP) is 5.16. The number of hydrogen-bond donors (Lipinski definition) is 0. The number of ether oxygens (including phenoxy) is 2. The van der Waals surface area contributed by atoms with Gasteiger partial charge in [-0.15, -0.1) is 0 Å². The summed E-state index contributed by atoms with van der Waals surface area (Å²) in [6, 6.07) is 24.7. The van der Waals surface area contributed by atoms with Crippen LogP contribution in [0.25, 0.3) is 0 Å². The average molecular weight is 442 g/mol. The molecule has 0 aliphatic carbocycles. The van der Waals surface area contributed by atoms with Crippen molar-refractivity contribution in [3.63, 3.8) is 0 Å². The van der Waals surface area contributed by atoms with Gasteiger partial charge in [-0.25, -0.2) is 4.79 Å². The molecule has 1 aliphatic rings. The molecule has 1 heterocycles. The third-order valence-corrected chi connectivity index (χ3v) is 5.73. The van der Waals surface area contributed by atoms with Gasteiger partial charge in [0.15, 0.2) is 0 Å². The Morgan fingerprint density at radius 1 is 0.970 bits per heavy atom. The molecule has 0 N–H and O–H groups in total. The minimum Gasteiger partial charge on any atom is -0.489 e. The van der Waals surface area contributed by atoms with Gasteiger partial charge in [-0.3, -0.25) is 4.79 Å². The van der Waals surface area contributed by atoms with Crippen LogP contribution in [0.3, 0.4) is 0 Å². The quantitative estimate of drug-likeness (QED) is 0.262. The molecule has 1 atom stereocenters. The molecule has 4 rings (SSSR count). The van der Waals surface area contributed by atoms with Crippen molar-refractivity contribution < 1.29 is 19.1 Å². The Hall–Kier alpha value is -3.86. The van der Waals surface area contributed by atoms with Gasteiger partial charge in [0.25, 0.3) is 0 Å². The van der Waals surface area contributed by atoms with Crippen molar-refractivity contribution in [3.8, 4) is 5.75 Å². The van der Waals surface area contributed by atoms with Crippen LogP contribution in [-0.4, -0.2) is 23.3 Å². The van der Waals surface area contributed by atoms with Crippen molar-refractivity contribution in [3.05, 3.63) is 113 Å². The van der Waals surface area contributed by atoms with Gasteiger partial charge in [-0.05, 0) is 35.7 Å². The second kappa shape index (κ2) is 10.2. The Bertz CT molecular complexity index is 1140. The largest absolute Gasteiger partial charge is 0.489 e. The molecule has 33 heavy (non-hydrogen) atoms. The van der Waals surface area contributed by atoms with Gasteiger partial charge < -0.3 is 14.4 Å². The molecule has 5 heteroatoms.